The average molecular weight is 264 g/mol. The van der Waals surface area contributed by atoms with Crippen LogP contribution in [0.25, 0.3) is 0 Å². The fraction of sp³-hybridized carbons (Fsp3) is 0.200. The Bertz CT molecular complexity index is 576. The maximum Gasteiger partial charge on any atom is 0.422 e. The second-order valence-electron chi connectivity index (χ2n) is 3.11. The predicted molar refractivity (Wildman–Crippen MR) is 45.4 cm³/mol. The van der Waals surface area contributed by atoms with Gasteiger partial charge in [0.15, 0.2) is 17.5 Å². The minimum absolute atomic E-state index is 0.916. The number of rotatable bonds is 1. The summed E-state index contributed by atoms with van der Waals surface area (Å²) in [7, 11) is 0. The van der Waals surface area contributed by atoms with E-state index in [2.05, 4.69) is 0 Å². The van der Waals surface area contributed by atoms with Crippen molar-refractivity contribution in [2.45, 2.75) is 12.6 Å². The van der Waals surface area contributed by atoms with Gasteiger partial charge in [-0.15, -0.1) is 0 Å². The van der Waals surface area contributed by atoms with Gasteiger partial charge in [-0.2, -0.15) is 23.7 Å². The van der Waals surface area contributed by atoms with E-state index in [0.29, 0.717) is 0 Å². The molecule has 0 N–H and O–H groups in total. The van der Waals surface area contributed by atoms with Crippen LogP contribution in [0.1, 0.15) is 16.7 Å². The first-order chi connectivity index (χ1) is 8.25. The summed E-state index contributed by atoms with van der Waals surface area (Å²) in [4.78, 5) is 0. The van der Waals surface area contributed by atoms with Crippen molar-refractivity contribution in [3.8, 4) is 12.1 Å². The molecule has 0 saturated heterocycles. The van der Waals surface area contributed by atoms with Crippen molar-refractivity contribution in [2.75, 3.05) is 0 Å². The molecule has 0 aliphatic heterocycles. The third-order valence-electron chi connectivity index (χ3n) is 2.07. The molecule has 0 radical (unpaired) electrons. The highest BCUT2D eigenvalue weighted by atomic mass is 19.4. The van der Waals surface area contributed by atoms with E-state index in [1.54, 1.807) is 0 Å². The first kappa shape index (κ1) is 13.8. The van der Waals surface area contributed by atoms with Crippen molar-refractivity contribution in [1.29, 1.82) is 10.5 Å². The predicted octanol–water partition coefficient (Wildman–Crippen LogP) is 3.06. The Morgan fingerprint density at radius 2 is 1.50 bits per heavy atom. The molecule has 0 aliphatic carbocycles. The van der Waals surface area contributed by atoms with E-state index < -0.39 is 46.7 Å². The molecule has 0 saturated carbocycles. The van der Waals surface area contributed by atoms with Crippen LogP contribution in [0.4, 0.5) is 26.3 Å². The van der Waals surface area contributed by atoms with Crippen LogP contribution in [-0.4, -0.2) is 0 Å². The van der Waals surface area contributed by atoms with Crippen molar-refractivity contribution in [1.82, 2.24) is 0 Å². The molecule has 0 fully saturated rings. The molecule has 94 valence electrons. The number of hydrogen-bond donors (Lipinski definition) is 0. The molecule has 0 amide bonds. The van der Waals surface area contributed by atoms with Crippen LogP contribution in [-0.2, 0) is 12.6 Å². The molecule has 1 aromatic carbocycles. The molecule has 0 heterocycles. The average Bonchev–Trinajstić information content (AvgIpc) is 2.24. The highest BCUT2D eigenvalue weighted by Crippen LogP contribution is 2.37. The van der Waals surface area contributed by atoms with Gasteiger partial charge in [0.25, 0.3) is 0 Å². The summed E-state index contributed by atoms with van der Waals surface area (Å²) in [6, 6.07) is 2.30. The van der Waals surface area contributed by atoms with Crippen molar-refractivity contribution >= 4 is 0 Å². The highest BCUT2D eigenvalue weighted by molar-refractivity contribution is 5.46. The maximum atomic E-state index is 13.3. The first-order valence-corrected chi connectivity index (χ1v) is 4.29. The monoisotopic (exact) mass is 264 g/mol. The number of alkyl halides is 3. The summed E-state index contributed by atoms with van der Waals surface area (Å²) >= 11 is 0. The summed E-state index contributed by atoms with van der Waals surface area (Å²) < 4.78 is 76.6. The molecule has 0 bridgehead atoms. The Hall–Kier alpha value is -2.22. The molecule has 0 unspecified atom stereocenters. The molecule has 1 rings (SSSR count). The van der Waals surface area contributed by atoms with E-state index in [1.807, 2.05) is 0 Å². The zero-order chi connectivity index (χ0) is 14.1. The lowest BCUT2D eigenvalue weighted by Gasteiger charge is -2.13. The van der Waals surface area contributed by atoms with Crippen LogP contribution in [0.3, 0.4) is 0 Å². The Labute approximate surface area is 96.7 Å². The first-order valence-electron chi connectivity index (χ1n) is 4.29. The molecule has 2 nitrogen and oxygen atoms in total. The molecule has 8 heteroatoms. The molecule has 0 aromatic heterocycles. The maximum absolute atomic E-state index is 13.3. The second kappa shape index (κ2) is 4.57. The highest BCUT2D eigenvalue weighted by Gasteiger charge is 2.41. The standard InChI is InChI=1S/C10H2F6N2/c11-7-5(3-18)4(1-2-17)8(12)9(13)6(7)10(14,15)16/h1H2. The van der Waals surface area contributed by atoms with Crippen LogP contribution in [0.2, 0.25) is 0 Å². The molecule has 0 aliphatic rings. The Morgan fingerprint density at radius 1 is 0.944 bits per heavy atom. The smallest absolute Gasteiger partial charge is 0.205 e. The number of nitrogens with zero attached hydrogens (tertiary/aromatic N) is 2. The summed E-state index contributed by atoms with van der Waals surface area (Å²) in [5, 5.41) is 16.8. The van der Waals surface area contributed by atoms with Crippen molar-refractivity contribution in [3.05, 3.63) is 34.1 Å². The Morgan fingerprint density at radius 3 is 1.89 bits per heavy atom. The topological polar surface area (TPSA) is 47.6 Å². The largest absolute Gasteiger partial charge is 0.422 e. The normalized spacial score (nSPS) is 10.9. The lowest BCUT2D eigenvalue weighted by atomic mass is 9.99. The van der Waals surface area contributed by atoms with Gasteiger partial charge in [-0.25, -0.2) is 13.2 Å². The van der Waals surface area contributed by atoms with E-state index in [-0.39, 0.29) is 0 Å². The summed E-state index contributed by atoms with van der Waals surface area (Å²) in [5.41, 5.74) is -4.82. The van der Waals surface area contributed by atoms with Crippen LogP contribution in [0.5, 0.6) is 0 Å². The third-order valence-corrected chi connectivity index (χ3v) is 2.07. The van der Waals surface area contributed by atoms with Gasteiger partial charge in [0, 0.05) is 5.56 Å². The molecule has 1 aromatic rings. The number of hydrogen-bond acceptors (Lipinski definition) is 2. The number of benzene rings is 1. The Kier molecular flexibility index (Phi) is 3.52. The summed E-state index contributed by atoms with van der Waals surface area (Å²) in [5.74, 6) is -6.71. The van der Waals surface area contributed by atoms with Crippen LogP contribution in [0, 0.1) is 40.1 Å². The van der Waals surface area contributed by atoms with Crippen molar-refractivity contribution in [3.63, 3.8) is 0 Å². The van der Waals surface area contributed by atoms with Gasteiger partial charge in [-0.05, 0) is 0 Å². The minimum Gasteiger partial charge on any atom is -0.205 e. The zero-order valence-electron chi connectivity index (χ0n) is 8.37. The lowest BCUT2D eigenvalue weighted by molar-refractivity contribution is -0.142. The van der Waals surface area contributed by atoms with E-state index in [1.165, 1.54) is 6.07 Å². The van der Waals surface area contributed by atoms with Crippen molar-refractivity contribution < 1.29 is 26.3 Å². The fourth-order valence-corrected chi connectivity index (χ4v) is 1.32. The summed E-state index contributed by atoms with van der Waals surface area (Å²) in [6.07, 6.45) is -6.40. The van der Waals surface area contributed by atoms with Gasteiger partial charge in [0.1, 0.15) is 11.6 Å². The van der Waals surface area contributed by atoms with Crippen LogP contribution < -0.4 is 0 Å². The molecular formula is C10H2F6N2. The SMILES string of the molecule is N#CCc1c(F)c(F)c(C(F)(F)F)c(F)c1C#N. The van der Waals surface area contributed by atoms with E-state index >= 15 is 0 Å². The number of nitriles is 2. The fourth-order valence-electron chi connectivity index (χ4n) is 1.32. The van der Waals surface area contributed by atoms with E-state index in [9.17, 15) is 26.3 Å². The second-order valence-corrected chi connectivity index (χ2v) is 3.11. The molecule has 0 spiro atoms. The van der Waals surface area contributed by atoms with Gasteiger partial charge < -0.3 is 0 Å². The van der Waals surface area contributed by atoms with E-state index in [0.717, 1.165) is 6.07 Å². The van der Waals surface area contributed by atoms with E-state index in [4.69, 9.17) is 10.5 Å². The molecule has 0 atom stereocenters. The molecule has 18 heavy (non-hydrogen) atoms. The zero-order valence-corrected chi connectivity index (χ0v) is 8.37. The number of halogens is 6. The van der Waals surface area contributed by atoms with Gasteiger partial charge in [-0.1, -0.05) is 0 Å². The van der Waals surface area contributed by atoms with Crippen molar-refractivity contribution in [2.24, 2.45) is 0 Å². The molecular weight excluding hydrogens is 262 g/mol. The third kappa shape index (κ3) is 2.09. The van der Waals surface area contributed by atoms with Gasteiger partial charge in [-0.3, -0.25) is 0 Å². The quantitative estimate of drug-likeness (QED) is 0.578. The van der Waals surface area contributed by atoms with Crippen LogP contribution in [0.15, 0.2) is 0 Å². The Balaban J connectivity index is 3.79. The van der Waals surface area contributed by atoms with Crippen LogP contribution >= 0.6 is 0 Å². The lowest BCUT2D eigenvalue weighted by Crippen LogP contribution is -2.16. The summed E-state index contributed by atoms with van der Waals surface area (Å²) in [6.45, 7) is 0. The minimum atomic E-state index is -5.48. The van der Waals surface area contributed by atoms with Gasteiger partial charge in [0.2, 0.25) is 0 Å². The van der Waals surface area contributed by atoms with Gasteiger partial charge in [0.05, 0.1) is 18.1 Å². The van der Waals surface area contributed by atoms with Gasteiger partial charge >= 0.3 is 6.18 Å².